The molecule has 0 saturated heterocycles. The zero-order chi connectivity index (χ0) is 24.7. The van der Waals surface area contributed by atoms with Crippen molar-refractivity contribution in [1.82, 2.24) is 15.3 Å². The maximum absolute atomic E-state index is 11.6. The lowest BCUT2D eigenvalue weighted by Crippen LogP contribution is -2.35. The van der Waals surface area contributed by atoms with Crippen LogP contribution in [0.25, 0.3) is 5.70 Å². The smallest absolute Gasteiger partial charge is 0.213 e. The van der Waals surface area contributed by atoms with Gasteiger partial charge in [-0.05, 0) is 48.4 Å². The number of nitrogen functional groups attached to an aromatic ring is 1. The van der Waals surface area contributed by atoms with E-state index >= 15 is 0 Å². The van der Waals surface area contributed by atoms with Gasteiger partial charge in [-0.2, -0.15) is 5.10 Å². The highest BCUT2D eigenvalue weighted by atomic mass is 16.5. The molecule has 6 N–H and O–H groups in total. The number of anilines is 3. The number of nitrogens with zero attached hydrogens (tertiary/aromatic N) is 4. The molecule has 0 bridgehead atoms. The number of carbonyl (C=O) groups is 1. The molecule has 0 radical (unpaired) electrons. The summed E-state index contributed by atoms with van der Waals surface area (Å²) in [7, 11) is 3.24. The van der Waals surface area contributed by atoms with Crippen molar-refractivity contribution >= 4 is 35.1 Å². The van der Waals surface area contributed by atoms with E-state index in [0.29, 0.717) is 35.3 Å². The lowest BCUT2D eigenvalue weighted by Gasteiger charge is -2.24. The summed E-state index contributed by atoms with van der Waals surface area (Å²) < 4.78 is 5.35. The molecule has 1 unspecified atom stereocenters. The van der Waals surface area contributed by atoms with Crippen LogP contribution in [0.1, 0.15) is 22.9 Å². The van der Waals surface area contributed by atoms with Crippen LogP contribution in [0.15, 0.2) is 66.4 Å². The van der Waals surface area contributed by atoms with Crippen molar-refractivity contribution in [3.63, 3.8) is 0 Å². The van der Waals surface area contributed by atoms with E-state index in [1.54, 1.807) is 38.6 Å². The quantitative estimate of drug-likeness (QED) is 0.165. The average Bonchev–Trinajstić information content (AvgIpc) is 2.82. The Hall–Kier alpha value is -4.60. The number of amides is 1. The van der Waals surface area contributed by atoms with Gasteiger partial charge in [0.05, 0.1) is 12.8 Å². The summed E-state index contributed by atoms with van der Waals surface area (Å²) in [6.07, 6.45) is 2.18. The number of hydrogen-bond acceptors (Lipinski definition) is 9. The summed E-state index contributed by atoms with van der Waals surface area (Å²) in [5.74, 6) is 1.19. The van der Waals surface area contributed by atoms with Crippen molar-refractivity contribution in [3.8, 4) is 5.88 Å². The summed E-state index contributed by atoms with van der Waals surface area (Å²) in [5, 5.41) is 12.2. The summed E-state index contributed by atoms with van der Waals surface area (Å²) in [6, 6.07) is 14.0. The highest BCUT2D eigenvalue weighted by Crippen LogP contribution is 2.26. The van der Waals surface area contributed by atoms with Gasteiger partial charge in [0, 0.05) is 36.4 Å². The Morgan fingerprint density at radius 1 is 1.26 bits per heavy atom. The van der Waals surface area contributed by atoms with Gasteiger partial charge < -0.3 is 26.8 Å². The third-order valence-corrected chi connectivity index (χ3v) is 4.92. The Morgan fingerprint density at radius 3 is 2.62 bits per heavy atom. The predicted molar refractivity (Wildman–Crippen MR) is 135 cm³/mol. The average molecular weight is 461 g/mol. The molecule has 0 saturated carbocycles. The maximum atomic E-state index is 11.6. The van der Waals surface area contributed by atoms with Crippen LogP contribution in [0.2, 0.25) is 0 Å². The highest BCUT2D eigenvalue weighted by Gasteiger charge is 2.22. The van der Waals surface area contributed by atoms with E-state index in [1.165, 1.54) is 5.01 Å². The Bertz CT molecular complexity index is 1190. The number of ether oxygens (including phenoxy) is 1. The van der Waals surface area contributed by atoms with E-state index in [0.717, 1.165) is 22.5 Å². The largest absolute Gasteiger partial charge is 0.481 e. The number of hydrazone groups is 1. The second-order valence-corrected chi connectivity index (χ2v) is 7.45. The molecule has 1 aromatic carbocycles. The van der Waals surface area contributed by atoms with Crippen LogP contribution in [0.3, 0.4) is 0 Å². The zero-order valence-corrected chi connectivity index (χ0v) is 19.3. The summed E-state index contributed by atoms with van der Waals surface area (Å²) in [6.45, 7) is 5.62. The van der Waals surface area contributed by atoms with Gasteiger partial charge >= 0.3 is 0 Å². The molecule has 1 atom stereocenters. The predicted octanol–water partition coefficient (Wildman–Crippen LogP) is 2.65. The summed E-state index contributed by atoms with van der Waals surface area (Å²) in [5.41, 5.74) is 15.9. The van der Waals surface area contributed by atoms with Crippen molar-refractivity contribution < 1.29 is 9.53 Å². The van der Waals surface area contributed by atoms with Crippen molar-refractivity contribution in [1.29, 1.82) is 0 Å². The molecular formula is C24H28N8O2. The zero-order valence-electron chi connectivity index (χ0n) is 19.3. The fraction of sp³-hybridized carbons (Fsp3) is 0.167. The van der Waals surface area contributed by atoms with E-state index in [4.69, 9.17) is 16.2 Å². The Labute approximate surface area is 198 Å². The molecule has 0 aliphatic heterocycles. The minimum atomic E-state index is -0.583. The third-order valence-electron chi connectivity index (χ3n) is 4.92. The minimum absolute atomic E-state index is 0.308. The molecule has 10 nitrogen and oxygen atoms in total. The fourth-order valence-corrected chi connectivity index (χ4v) is 3.31. The van der Waals surface area contributed by atoms with E-state index < -0.39 is 6.04 Å². The standard InChI is InChI=1S/C24H28N8O2/c1-15-12-18(13-21(29-15)34-4)22(30-19-9-7-17(8-10-19)16(2)25)23(28-14-33)31-32(3)24-20(26)6-5-11-27-24/h5-14,22,30H,2,25-26H2,1,3-4H3,(H,28,31,33). The summed E-state index contributed by atoms with van der Waals surface area (Å²) >= 11 is 0. The minimum Gasteiger partial charge on any atom is -0.481 e. The number of amidine groups is 1. The van der Waals surface area contributed by atoms with Crippen LogP contribution >= 0.6 is 0 Å². The normalized spacial score (nSPS) is 11.9. The van der Waals surface area contributed by atoms with Gasteiger partial charge in [0.1, 0.15) is 6.04 Å². The second kappa shape index (κ2) is 10.8. The van der Waals surface area contributed by atoms with Crippen LogP contribution in [-0.4, -0.2) is 36.4 Å². The molecule has 10 heteroatoms. The van der Waals surface area contributed by atoms with Crippen molar-refractivity contribution in [3.05, 3.63) is 78.1 Å². The highest BCUT2D eigenvalue weighted by molar-refractivity contribution is 5.97. The second-order valence-electron chi connectivity index (χ2n) is 7.45. The third kappa shape index (κ3) is 5.80. The number of benzene rings is 1. The number of hydrogen-bond donors (Lipinski definition) is 4. The molecule has 2 aromatic heterocycles. The molecule has 3 rings (SSSR count). The molecular weight excluding hydrogens is 432 g/mol. The number of carbonyl (C=O) groups excluding carboxylic acids is 1. The van der Waals surface area contributed by atoms with Crippen molar-refractivity contribution in [2.45, 2.75) is 13.0 Å². The van der Waals surface area contributed by atoms with Gasteiger partial charge in [-0.25, -0.2) is 15.0 Å². The topological polar surface area (TPSA) is 144 Å². The van der Waals surface area contributed by atoms with Gasteiger partial charge in [-0.1, -0.05) is 18.7 Å². The molecule has 0 aliphatic carbocycles. The lowest BCUT2D eigenvalue weighted by atomic mass is 10.0. The molecule has 176 valence electrons. The van der Waals surface area contributed by atoms with Crippen molar-refractivity contribution in [2.24, 2.45) is 10.8 Å². The molecule has 3 aromatic rings. The molecule has 2 heterocycles. The number of aromatic nitrogens is 2. The number of aryl methyl sites for hydroxylation is 1. The van der Waals surface area contributed by atoms with Crippen LogP contribution in [0.5, 0.6) is 5.88 Å². The van der Waals surface area contributed by atoms with Gasteiger partial charge in [0.25, 0.3) is 0 Å². The van der Waals surface area contributed by atoms with Gasteiger partial charge in [-0.3, -0.25) is 4.79 Å². The molecule has 0 aliphatic rings. The van der Waals surface area contributed by atoms with Gasteiger partial charge in [0.2, 0.25) is 12.3 Å². The van der Waals surface area contributed by atoms with Crippen LogP contribution in [-0.2, 0) is 4.79 Å². The first-order valence-electron chi connectivity index (χ1n) is 10.4. The number of methoxy groups -OCH3 is 1. The number of nitrogens with one attached hydrogen (secondary N) is 2. The Morgan fingerprint density at radius 2 is 2.00 bits per heavy atom. The maximum Gasteiger partial charge on any atom is 0.213 e. The first-order valence-corrected chi connectivity index (χ1v) is 10.4. The van der Waals surface area contributed by atoms with E-state index in [1.807, 2.05) is 37.3 Å². The van der Waals surface area contributed by atoms with Gasteiger partial charge in [-0.15, -0.1) is 0 Å². The van der Waals surface area contributed by atoms with E-state index in [2.05, 4.69) is 32.3 Å². The van der Waals surface area contributed by atoms with Crippen LogP contribution in [0, 0.1) is 6.92 Å². The van der Waals surface area contributed by atoms with E-state index in [9.17, 15) is 4.79 Å². The first-order chi connectivity index (χ1) is 16.3. The molecule has 0 spiro atoms. The van der Waals surface area contributed by atoms with Crippen LogP contribution < -0.4 is 31.8 Å². The van der Waals surface area contributed by atoms with Crippen molar-refractivity contribution in [2.75, 3.05) is 30.2 Å². The molecule has 0 fully saturated rings. The fourth-order valence-electron chi connectivity index (χ4n) is 3.31. The first kappa shape index (κ1) is 24.1. The Kier molecular flexibility index (Phi) is 7.65. The number of pyridine rings is 2. The number of nitrogens with two attached hydrogens (primary N) is 2. The number of rotatable bonds is 9. The SMILES string of the molecule is C=C(N)c1ccc(NC(/C(=N/N(C)c2ncccc2N)NC=O)c2cc(C)nc(OC)c2)cc1. The molecule has 1 amide bonds. The van der Waals surface area contributed by atoms with E-state index in [-0.39, 0.29) is 0 Å². The Balaban J connectivity index is 2.09. The van der Waals surface area contributed by atoms with Crippen LogP contribution in [0.4, 0.5) is 17.2 Å². The molecule has 34 heavy (non-hydrogen) atoms. The monoisotopic (exact) mass is 460 g/mol. The van der Waals surface area contributed by atoms with Gasteiger partial charge in [0.15, 0.2) is 11.7 Å². The lowest BCUT2D eigenvalue weighted by molar-refractivity contribution is -0.108. The summed E-state index contributed by atoms with van der Waals surface area (Å²) in [4.78, 5) is 20.2.